The van der Waals surface area contributed by atoms with Crippen molar-refractivity contribution in [2.45, 2.75) is 27.7 Å². The number of aromatic amines is 1. The summed E-state index contributed by atoms with van der Waals surface area (Å²) in [7, 11) is 0. The Labute approximate surface area is 91.4 Å². The molecule has 0 aliphatic carbocycles. The molecule has 1 aromatic carbocycles. The molecule has 2 heteroatoms. The molecule has 0 aliphatic rings. The predicted molar refractivity (Wildman–Crippen MR) is 64.8 cm³/mol. The van der Waals surface area contributed by atoms with Gasteiger partial charge in [0.05, 0.1) is 5.69 Å². The predicted octanol–water partition coefficient (Wildman–Crippen LogP) is 3.72. The van der Waals surface area contributed by atoms with E-state index < -0.39 is 0 Å². The number of hydrogen-bond donors (Lipinski definition) is 1. The van der Waals surface area contributed by atoms with Crippen molar-refractivity contribution in [2.75, 3.05) is 0 Å². The van der Waals surface area contributed by atoms with Gasteiger partial charge in [0.25, 0.3) is 0 Å². The Bertz CT molecular complexity index is 402. The topological polar surface area (TPSA) is 28.7 Å². The Balaban J connectivity index is 0.000000531. The van der Waals surface area contributed by atoms with Crippen molar-refractivity contribution in [1.82, 2.24) is 10.2 Å². The van der Waals surface area contributed by atoms with Crippen LogP contribution in [0.3, 0.4) is 0 Å². The van der Waals surface area contributed by atoms with Gasteiger partial charge in [0.15, 0.2) is 0 Å². The second-order valence-corrected chi connectivity index (χ2v) is 3.19. The Morgan fingerprint density at radius 3 is 2.07 bits per heavy atom. The average molecular weight is 202 g/mol. The third-order valence-corrected chi connectivity index (χ3v) is 2.30. The minimum absolute atomic E-state index is 1.05. The number of aryl methyl sites for hydroxylation is 1. The monoisotopic (exact) mass is 202 g/mol. The van der Waals surface area contributed by atoms with Crippen molar-refractivity contribution in [1.29, 1.82) is 0 Å². The van der Waals surface area contributed by atoms with Crippen LogP contribution in [0, 0.1) is 13.8 Å². The van der Waals surface area contributed by atoms with E-state index in [1.54, 1.807) is 0 Å². The average Bonchev–Trinajstić information content (AvgIpc) is 2.64. The Hall–Kier alpha value is -1.57. The van der Waals surface area contributed by atoms with E-state index in [2.05, 4.69) is 29.3 Å². The molecule has 0 fully saturated rings. The molecule has 0 atom stereocenters. The lowest BCUT2D eigenvalue weighted by Crippen LogP contribution is -1.79. The number of benzene rings is 1. The van der Waals surface area contributed by atoms with E-state index in [4.69, 9.17) is 0 Å². The van der Waals surface area contributed by atoms with Gasteiger partial charge in [-0.2, -0.15) is 5.10 Å². The van der Waals surface area contributed by atoms with Crippen molar-refractivity contribution in [2.24, 2.45) is 0 Å². The molecule has 1 aromatic heterocycles. The van der Waals surface area contributed by atoms with Gasteiger partial charge in [-0.25, -0.2) is 0 Å². The zero-order chi connectivity index (χ0) is 11.3. The van der Waals surface area contributed by atoms with Gasteiger partial charge < -0.3 is 0 Å². The third-order valence-electron chi connectivity index (χ3n) is 2.30. The van der Waals surface area contributed by atoms with Gasteiger partial charge in [-0.15, -0.1) is 0 Å². The van der Waals surface area contributed by atoms with Crippen LogP contribution in [-0.2, 0) is 0 Å². The van der Waals surface area contributed by atoms with Crippen LogP contribution in [0.4, 0.5) is 0 Å². The molecule has 2 aromatic rings. The minimum atomic E-state index is 1.05. The lowest BCUT2D eigenvalue weighted by atomic mass is 10.1. The van der Waals surface area contributed by atoms with Gasteiger partial charge in [-0.05, 0) is 19.4 Å². The third kappa shape index (κ3) is 2.46. The zero-order valence-corrected chi connectivity index (χ0v) is 9.83. The van der Waals surface area contributed by atoms with E-state index >= 15 is 0 Å². The first-order valence-electron chi connectivity index (χ1n) is 5.36. The zero-order valence-electron chi connectivity index (χ0n) is 9.83. The van der Waals surface area contributed by atoms with Crippen molar-refractivity contribution in [3.63, 3.8) is 0 Å². The molecule has 2 rings (SSSR count). The van der Waals surface area contributed by atoms with Crippen molar-refractivity contribution in [3.8, 4) is 11.3 Å². The highest BCUT2D eigenvalue weighted by atomic mass is 15.1. The Morgan fingerprint density at radius 2 is 1.60 bits per heavy atom. The number of H-pyrrole nitrogens is 1. The van der Waals surface area contributed by atoms with Crippen molar-refractivity contribution < 1.29 is 0 Å². The fraction of sp³-hybridized carbons (Fsp3) is 0.308. The summed E-state index contributed by atoms with van der Waals surface area (Å²) in [6.07, 6.45) is 0. The van der Waals surface area contributed by atoms with Gasteiger partial charge in [-0.1, -0.05) is 44.2 Å². The lowest BCUT2D eigenvalue weighted by Gasteiger charge is -1.96. The van der Waals surface area contributed by atoms with E-state index in [1.807, 2.05) is 39.0 Å². The first kappa shape index (κ1) is 11.5. The summed E-state index contributed by atoms with van der Waals surface area (Å²) >= 11 is 0. The van der Waals surface area contributed by atoms with Gasteiger partial charge in [0, 0.05) is 11.3 Å². The van der Waals surface area contributed by atoms with Crippen LogP contribution in [0.25, 0.3) is 11.3 Å². The molecule has 0 bridgehead atoms. The van der Waals surface area contributed by atoms with Crippen LogP contribution in [0.2, 0.25) is 0 Å². The Kier molecular flexibility index (Phi) is 4.10. The molecule has 0 radical (unpaired) electrons. The maximum atomic E-state index is 4.26. The highest BCUT2D eigenvalue weighted by molar-refractivity contribution is 5.63. The quantitative estimate of drug-likeness (QED) is 0.750. The summed E-state index contributed by atoms with van der Waals surface area (Å²) in [5.41, 5.74) is 4.59. The molecule has 80 valence electrons. The second kappa shape index (κ2) is 5.35. The Morgan fingerprint density at radius 1 is 1.00 bits per heavy atom. The van der Waals surface area contributed by atoms with Crippen LogP contribution in [0.1, 0.15) is 25.1 Å². The summed E-state index contributed by atoms with van der Waals surface area (Å²) in [5.74, 6) is 0. The standard InChI is InChI=1S/C11H12N2.C2H6/c1-8-9(2)12-13-11(8)10-6-4-3-5-7-10;1-2/h3-7H,1-2H3,(H,12,13);1-2H3. The summed E-state index contributed by atoms with van der Waals surface area (Å²) < 4.78 is 0. The van der Waals surface area contributed by atoms with E-state index in [0.29, 0.717) is 0 Å². The molecule has 0 saturated carbocycles. The number of aromatic nitrogens is 2. The molecule has 15 heavy (non-hydrogen) atoms. The normalized spacial score (nSPS) is 9.33. The summed E-state index contributed by atoms with van der Waals surface area (Å²) in [4.78, 5) is 0. The summed E-state index contributed by atoms with van der Waals surface area (Å²) in [5, 5.41) is 7.25. The molecule has 1 N–H and O–H groups in total. The highest BCUT2D eigenvalue weighted by Crippen LogP contribution is 2.21. The number of nitrogens with one attached hydrogen (secondary N) is 1. The second-order valence-electron chi connectivity index (χ2n) is 3.19. The van der Waals surface area contributed by atoms with Crippen LogP contribution >= 0.6 is 0 Å². The molecule has 0 amide bonds. The fourth-order valence-corrected chi connectivity index (χ4v) is 1.36. The van der Waals surface area contributed by atoms with Crippen LogP contribution in [0.15, 0.2) is 30.3 Å². The minimum Gasteiger partial charge on any atom is -0.282 e. The van der Waals surface area contributed by atoms with Crippen LogP contribution < -0.4 is 0 Å². The molecule has 0 aliphatic heterocycles. The molecule has 0 saturated heterocycles. The van der Waals surface area contributed by atoms with E-state index in [9.17, 15) is 0 Å². The maximum absolute atomic E-state index is 4.26. The highest BCUT2D eigenvalue weighted by Gasteiger charge is 2.06. The molecular weight excluding hydrogens is 184 g/mol. The first-order chi connectivity index (χ1) is 7.29. The fourth-order valence-electron chi connectivity index (χ4n) is 1.36. The largest absolute Gasteiger partial charge is 0.282 e. The van der Waals surface area contributed by atoms with Gasteiger partial charge in [-0.3, -0.25) is 5.10 Å². The maximum Gasteiger partial charge on any atom is 0.0952 e. The van der Waals surface area contributed by atoms with Crippen molar-refractivity contribution in [3.05, 3.63) is 41.6 Å². The van der Waals surface area contributed by atoms with Crippen LogP contribution in [0.5, 0.6) is 0 Å². The van der Waals surface area contributed by atoms with Crippen molar-refractivity contribution >= 4 is 0 Å². The molecule has 1 heterocycles. The summed E-state index contributed by atoms with van der Waals surface area (Å²) in [6.45, 7) is 8.12. The van der Waals surface area contributed by atoms with E-state index in [1.165, 1.54) is 11.1 Å². The number of nitrogens with zero attached hydrogens (tertiary/aromatic N) is 1. The number of rotatable bonds is 1. The molecule has 0 spiro atoms. The smallest absolute Gasteiger partial charge is 0.0952 e. The first-order valence-corrected chi connectivity index (χ1v) is 5.36. The van der Waals surface area contributed by atoms with Gasteiger partial charge in [0.1, 0.15) is 0 Å². The molecule has 0 unspecified atom stereocenters. The molecule has 2 nitrogen and oxygen atoms in total. The van der Waals surface area contributed by atoms with Crippen LogP contribution in [-0.4, -0.2) is 10.2 Å². The number of hydrogen-bond acceptors (Lipinski definition) is 1. The van der Waals surface area contributed by atoms with E-state index in [0.717, 1.165) is 11.4 Å². The SMILES string of the molecule is CC.Cc1[nH]nc(-c2ccccc2)c1C. The summed E-state index contributed by atoms with van der Waals surface area (Å²) in [6, 6.07) is 10.2. The van der Waals surface area contributed by atoms with E-state index in [-0.39, 0.29) is 0 Å². The van der Waals surface area contributed by atoms with Gasteiger partial charge >= 0.3 is 0 Å². The van der Waals surface area contributed by atoms with Gasteiger partial charge in [0.2, 0.25) is 0 Å². The lowest BCUT2D eigenvalue weighted by molar-refractivity contribution is 1.05. The molecular formula is C13H18N2.